The highest BCUT2D eigenvalue weighted by atomic mass is 16.5. The van der Waals surface area contributed by atoms with E-state index in [4.69, 9.17) is 15.5 Å². The van der Waals surface area contributed by atoms with Crippen LogP contribution < -0.4 is 20.7 Å². The van der Waals surface area contributed by atoms with Crippen LogP contribution >= 0.6 is 0 Å². The smallest absolute Gasteiger partial charge is 0.250 e. The summed E-state index contributed by atoms with van der Waals surface area (Å²) in [5.41, 5.74) is 8.41. The Hall–Kier alpha value is -2.60. The van der Waals surface area contributed by atoms with E-state index in [0.717, 1.165) is 48.9 Å². The van der Waals surface area contributed by atoms with Crippen molar-refractivity contribution in [2.45, 2.75) is 6.92 Å². The van der Waals surface area contributed by atoms with Crippen LogP contribution in [0.3, 0.4) is 0 Å². The Morgan fingerprint density at radius 3 is 2.67 bits per heavy atom. The lowest BCUT2D eigenvalue weighted by atomic mass is 10.0. The number of piperazine rings is 1. The molecule has 6 heteroatoms. The summed E-state index contributed by atoms with van der Waals surface area (Å²) in [6.45, 7) is 5.60. The number of aryl methyl sites for hydroxylation is 1. The molecule has 0 bridgehead atoms. The summed E-state index contributed by atoms with van der Waals surface area (Å²) >= 11 is 0. The van der Waals surface area contributed by atoms with Crippen molar-refractivity contribution in [1.82, 2.24) is 10.3 Å². The number of nitrogens with two attached hydrogens (primary N) is 1. The Bertz CT molecular complexity index is 755. The minimum atomic E-state index is -0.482. The zero-order valence-electron chi connectivity index (χ0n) is 14.0. The second-order valence-electron chi connectivity index (χ2n) is 5.85. The van der Waals surface area contributed by atoms with Crippen LogP contribution in [0.5, 0.6) is 5.75 Å². The van der Waals surface area contributed by atoms with Gasteiger partial charge in [0, 0.05) is 31.7 Å². The molecule has 1 amide bonds. The molecular weight excluding hydrogens is 304 g/mol. The highest BCUT2D eigenvalue weighted by molar-refractivity contribution is 5.99. The molecule has 1 aromatic heterocycles. The van der Waals surface area contributed by atoms with E-state index in [0.29, 0.717) is 11.3 Å². The molecule has 3 N–H and O–H groups in total. The van der Waals surface area contributed by atoms with E-state index in [9.17, 15) is 4.79 Å². The zero-order chi connectivity index (χ0) is 17.1. The first-order valence-corrected chi connectivity index (χ1v) is 8.01. The van der Waals surface area contributed by atoms with Crippen molar-refractivity contribution in [2.24, 2.45) is 5.73 Å². The highest BCUT2D eigenvalue weighted by Crippen LogP contribution is 2.29. The first kappa shape index (κ1) is 16.3. The number of aromatic nitrogens is 1. The van der Waals surface area contributed by atoms with Gasteiger partial charge in [-0.2, -0.15) is 0 Å². The maximum Gasteiger partial charge on any atom is 0.250 e. The Morgan fingerprint density at radius 2 is 2.00 bits per heavy atom. The lowest BCUT2D eigenvalue weighted by molar-refractivity contribution is 0.100. The predicted molar refractivity (Wildman–Crippen MR) is 94.6 cm³/mol. The van der Waals surface area contributed by atoms with Crippen LogP contribution in [0, 0.1) is 6.92 Å². The summed E-state index contributed by atoms with van der Waals surface area (Å²) in [5.74, 6) is 1.14. The molecule has 0 unspecified atom stereocenters. The summed E-state index contributed by atoms with van der Waals surface area (Å²) in [6.07, 6.45) is 0. The highest BCUT2D eigenvalue weighted by Gasteiger charge is 2.18. The second kappa shape index (κ2) is 6.88. The number of nitrogens with zero attached hydrogens (tertiary/aromatic N) is 2. The fourth-order valence-electron chi connectivity index (χ4n) is 2.91. The van der Waals surface area contributed by atoms with Gasteiger partial charge in [0.2, 0.25) is 0 Å². The fraction of sp³-hybridized carbons (Fsp3) is 0.333. The summed E-state index contributed by atoms with van der Waals surface area (Å²) in [4.78, 5) is 18.8. The first-order chi connectivity index (χ1) is 11.6. The third-order valence-electron chi connectivity index (χ3n) is 4.27. The molecule has 0 radical (unpaired) electrons. The molecule has 126 valence electrons. The van der Waals surface area contributed by atoms with Gasteiger partial charge < -0.3 is 20.7 Å². The number of ether oxygens (including phenoxy) is 1. The third-order valence-corrected chi connectivity index (χ3v) is 4.27. The molecule has 1 fully saturated rings. The Labute approximate surface area is 141 Å². The maximum atomic E-state index is 11.8. The number of primary amides is 1. The summed E-state index contributed by atoms with van der Waals surface area (Å²) in [7, 11) is 1.63. The van der Waals surface area contributed by atoms with E-state index >= 15 is 0 Å². The minimum absolute atomic E-state index is 0.416. The SMILES string of the molecule is COc1cc(-c2nc(N3CCNCC3)ccc2C(N)=O)ccc1C. The number of carbonyl (C=O) groups is 1. The number of benzene rings is 1. The van der Waals surface area contributed by atoms with Crippen LogP contribution in [0.4, 0.5) is 5.82 Å². The van der Waals surface area contributed by atoms with Crippen molar-refractivity contribution in [3.8, 4) is 17.0 Å². The van der Waals surface area contributed by atoms with Gasteiger partial charge in [0.15, 0.2) is 0 Å². The number of amides is 1. The van der Waals surface area contributed by atoms with Gasteiger partial charge in [-0.3, -0.25) is 4.79 Å². The molecule has 0 saturated carbocycles. The number of hydrogen-bond acceptors (Lipinski definition) is 5. The van der Waals surface area contributed by atoms with Gasteiger partial charge in [0.25, 0.3) is 5.91 Å². The Kier molecular flexibility index (Phi) is 4.66. The van der Waals surface area contributed by atoms with E-state index in [1.165, 1.54) is 0 Å². The summed E-state index contributed by atoms with van der Waals surface area (Å²) < 4.78 is 5.39. The molecule has 0 atom stereocenters. The molecule has 1 aliphatic heterocycles. The van der Waals surface area contributed by atoms with Gasteiger partial charge >= 0.3 is 0 Å². The maximum absolute atomic E-state index is 11.8. The number of carbonyl (C=O) groups excluding carboxylic acids is 1. The quantitative estimate of drug-likeness (QED) is 0.891. The van der Waals surface area contributed by atoms with E-state index in [2.05, 4.69) is 10.2 Å². The minimum Gasteiger partial charge on any atom is -0.496 e. The monoisotopic (exact) mass is 326 g/mol. The topological polar surface area (TPSA) is 80.5 Å². The molecule has 0 spiro atoms. The van der Waals surface area contributed by atoms with Crippen molar-refractivity contribution < 1.29 is 9.53 Å². The number of anilines is 1. The van der Waals surface area contributed by atoms with Crippen molar-refractivity contribution in [2.75, 3.05) is 38.2 Å². The Morgan fingerprint density at radius 1 is 1.25 bits per heavy atom. The van der Waals surface area contributed by atoms with Crippen molar-refractivity contribution >= 4 is 11.7 Å². The number of hydrogen-bond donors (Lipinski definition) is 2. The molecule has 1 aliphatic rings. The summed E-state index contributed by atoms with van der Waals surface area (Å²) in [5, 5.41) is 3.32. The van der Waals surface area contributed by atoms with Gasteiger partial charge in [0.1, 0.15) is 11.6 Å². The van der Waals surface area contributed by atoms with Crippen LogP contribution in [0.1, 0.15) is 15.9 Å². The number of rotatable bonds is 4. The first-order valence-electron chi connectivity index (χ1n) is 8.01. The lowest BCUT2D eigenvalue weighted by Crippen LogP contribution is -2.44. The summed E-state index contributed by atoms with van der Waals surface area (Å²) in [6, 6.07) is 9.41. The number of methoxy groups -OCH3 is 1. The van der Waals surface area contributed by atoms with Gasteiger partial charge in [-0.1, -0.05) is 12.1 Å². The van der Waals surface area contributed by atoms with Crippen LogP contribution in [0.25, 0.3) is 11.3 Å². The predicted octanol–water partition coefficient (Wildman–Crippen LogP) is 1.57. The third kappa shape index (κ3) is 3.19. The average molecular weight is 326 g/mol. The molecule has 1 aromatic carbocycles. The van der Waals surface area contributed by atoms with E-state index in [1.807, 2.05) is 31.2 Å². The van der Waals surface area contributed by atoms with Crippen LogP contribution in [-0.2, 0) is 0 Å². The van der Waals surface area contributed by atoms with Gasteiger partial charge in [-0.05, 0) is 30.7 Å². The lowest BCUT2D eigenvalue weighted by Gasteiger charge is -2.29. The molecule has 2 aromatic rings. The van der Waals surface area contributed by atoms with Crippen molar-refractivity contribution in [3.63, 3.8) is 0 Å². The van der Waals surface area contributed by atoms with Gasteiger partial charge in [-0.15, -0.1) is 0 Å². The Balaban J connectivity index is 2.07. The molecule has 0 aliphatic carbocycles. The molecule has 24 heavy (non-hydrogen) atoms. The van der Waals surface area contributed by atoms with Crippen LogP contribution in [0.2, 0.25) is 0 Å². The average Bonchev–Trinajstić information content (AvgIpc) is 2.62. The van der Waals surface area contributed by atoms with Crippen LogP contribution in [-0.4, -0.2) is 44.2 Å². The standard InChI is InChI=1S/C18H22N4O2/c1-12-3-4-13(11-15(12)24-2)17-14(18(19)23)5-6-16(21-17)22-9-7-20-8-10-22/h3-6,11,20H,7-10H2,1-2H3,(H2,19,23). The molecule has 2 heterocycles. The van der Waals surface area contributed by atoms with Gasteiger partial charge in [0.05, 0.1) is 18.4 Å². The second-order valence-corrected chi connectivity index (χ2v) is 5.85. The van der Waals surface area contributed by atoms with Crippen LogP contribution in [0.15, 0.2) is 30.3 Å². The molecule has 1 saturated heterocycles. The van der Waals surface area contributed by atoms with Crippen molar-refractivity contribution in [1.29, 1.82) is 0 Å². The molecule has 3 rings (SSSR count). The molecular formula is C18H22N4O2. The largest absolute Gasteiger partial charge is 0.496 e. The number of nitrogens with one attached hydrogen (secondary N) is 1. The normalized spacial score (nSPS) is 14.5. The fourth-order valence-corrected chi connectivity index (χ4v) is 2.91. The van der Waals surface area contributed by atoms with E-state index < -0.39 is 5.91 Å². The van der Waals surface area contributed by atoms with E-state index in [-0.39, 0.29) is 0 Å². The zero-order valence-corrected chi connectivity index (χ0v) is 14.0. The van der Waals surface area contributed by atoms with E-state index in [1.54, 1.807) is 13.2 Å². The van der Waals surface area contributed by atoms with Crippen molar-refractivity contribution in [3.05, 3.63) is 41.5 Å². The molecule has 6 nitrogen and oxygen atoms in total. The number of pyridine rings is 1. The van der Waals surface area contributed by atoms with Gasteiger partial charge in [-0.25, -0.2) is 4.98 Å².